The fourth-order valence-electron chi connectivity index (χ4n) is 3.65. The van der Waals surface area contributed by atoms with E-state index < -0.39 is 12.1 Å². The van der Waals surface area contributed by atoms with Crippen LogP contribution in [0, 0.1) is 0 Å². The first-order valence-electron chi connectivity index (χ1n) is 9.14. The molecule has 2 N–H and O–H groups in total. The predicted octanol–water partition coefficient (Wildman–Crippen LogP) is 1.52. The van der Waals surface area contributed by atoms with Gasteiger partial charge in [0.1, 0.15) is 5.69 Å². The number of nitrogens with one attached hydrogen (secondary N) is 2. The number of carbonyl (C=O) groups is 3. The average Bonchev–Trinajstić information content (AvgIpc) is 3.23. The van der Waals surface area contributed by atoms with Gasteiger partial charge in [-0.25, -0.2) is 4.79 Å². The van der Waals surface area contributed by atoms with Crippen molar-refractivity contribution >= 4 is 17.8 Å². The number of nitrogens with zero attached hydrogens (tertiary/aromatic N) is 1. The molecule has 2 aromatic rings. The van der Waals surface area contributed by atoms with Gasteiger partial charge in [0.05, 0.1) is 5.56 Å². The topological polar surface area (TPSA) is 91.5 Å². The van der Waals surface area contributed by atoms with Crippen LogP contribution < -0.4 is 5.32 Å². The van der Waals surface area contributed by atoms with E-state index in [1.807, 2.05) is 12.1 Å². The zero-order valence-corrected chi connectivity index (χ0v) is 14.8. The van der Waals surface area contributed by atoms with E-state index in [9.17, 15) is 14.4 Å². The van der Waals surface area contributed by atoms with E-state index in [1.165, 1.54) is 0 Å². The minimum Gasteiger partial charge on any atom is -0.448 e. The Kier molecular flexibility index (Phi) is 4.66. The van der Waals surface area contributed by atoms with Gasteiger partial charge in [0.15, 0.2) is 6.10 Å². The van der Waals surface area contributed by atoms with E-state index in [2.05, 4.69) is 10.3 Å². The molecule has 2 aliphatic heterocycles. The number of rotatable bonds is 3. The summed E-state index contributed by atoms with van der Waals surface area (Å²) in [6, 6.07) is 10.8. The van der Waals surface area contributed by atoms with E-state index in [-0.39, 0.29) is 17.9 Å². The highest BCUT2D eigenvalue weighted by Gasteiger charge is 2.35. The van der Waals surface area contributed by atoms with Crippen molar-refractivity contribution in [3.8, 4) is 0 Å². The van der Waals surface area contributed by atoms with Gasteiger partial charge in [-0.15, -0.1) is 0 Å². The molecule has 0 saturated carbocycles. The number of likely N-dealkylation sites (tertiary alicyclic amines) is 1. The van der Waals surface area contributed by atoms with E-state index in [1.54, 1.807) is 35.4 Å². The highest BCUT2D eigenvalue weighted by Crippen LogP contribution is 2.23. The molecule has 140 valence electrons. The second-order valence-electron chi connectivity index (χ2n) is 6.91. The van der Waals surface area contributed by atoms with Crippen LogP contribution in [0.2, 0.25) is 0 Å². The Balaban J connectivity index is 1.33. The third-order valence-electron chi connectivity index (χ3n) is 5.15. The molecule has 7 heteroatoms. The third kappa shape index (κ3) is 3.58. The van der Waals surface area contributed by atoms with Crippen LogP contribution in [0.1, 0.15) is 39.3 Å². The number of cyclic esters (lactones) is 1. The minimum atomic E-state index is -0.766. The van der Waals surface area contributed by atoms with Crippen LogP contribution in [0.15, 0.2) is 42.6 Å². The van der Waals surface area contributed by atoms with E-state index >= 15 is 0 Å². The van der Waals surface area contributed by atoms with Crippen molar-refractivity contribution in [2.45, 2.75) is 31.4 Å². The van der Waals surface area contributed by atoms with Crippen LogP contribution in [0.3, 0.4) is 0 Å². The molecular weight excluding hydrogens is 346 g/mol. The lowest BCUT2D eigenvalue weighted by Gasteiger charge is -2.35. The first kappa shape index (κ1) is 17.3. The molecule has 1 aromatic heterocycles. The number of carbonyl (C=O) groups excluding carboxylic acids is 3. The van der Waals surface area contributed by atoms with Gasteiger partial charge in [0.25, 0.3) is 11.8 Å². The summed E-state index contributed by atoms with van der Waals surface area (Å²) in [5.74, 6) is -0.738. The SMILES string of the molecule is O=C(NC1CCN(C(=O)[C@@H]2Cc3ccccc3C(=O)O2)CC1)c1ccc[nH]1. The summed E-state index contributed by atoms with van der Waals surface area (Å²) >= 11 is 0. The normalized spacial score (nSPS) is 19.9. The fourth-order valence-corrected chi connectivity index (χ4v) is 3.65. The Labute approximate surface area is 156 Å². The standard InChI is InChI=1S/C20H21N3O4/c24-18(16-6-3-9-21-16)22-14-7-10-23(11-8-14)19(25)17-12-13-4-1-2-5-15(13)20(26)27-17/h1-6,9,14,17,21H,7-8,10-12H2,(H,22,24)/t17-/m0/s1. The molecule has 0 radical (unpaired) electrons. The van der Waals surface area contributed by atoms with Crippen molar-refractivity contribution in [2.75, 3.05) is 13.1 Å². The van der Waals surface area contributed by atoms with Crippen LogP contribution in [-0.4, -0.2) is 52.9 Å². The van der Waals surface area contributed by atoms with Crippen LogP contribution in [-0.2, 0) is 16.0 Å². The van der Waals surface area contributed by atoms with Gasteiger partial charge in [0, 0.05) is 31.7 Å². The van der Waals surface area contributed by atoms with Gasteiger partial charge in [-0.2, -0.15) is 0 Å². The Morgan fingerprint density at radius 3 is 2.63 bits per heavy atom. The van der Waals surface area contributed by atoms with Gasteiger partial charge in [-0.05, 0) is 36.6 Å². The van der Waals surface area contributed by atoms with Crippen molar-refractivity contribution in [2.24, 2.45) is 0 Å². The molecule has 1 fully saturated rings. The van der Waals surface area contributed by atoms with Crippen molar-refractivity contribution in [3.05, 3.63) is 59.4 Å². The zero-order chi connectivity index (χ0) is 18.8. The Morgan fingerprint density at radius 1 is 1.11 bits per heavy atom. The van der Waals surface area contributed by atoms with Gasteiger partial charge < -0.3 is 19.9 Å². The van der Waals surface area contributed by atoms with Crippen LogP contribution in [0.4, 0.5) is 0 Å². The second kappa shape index (κ2) is 7.26. The number of piperidine rings is 1. The maximum Gasteiger partial charge on any atom is 0.339 e. The van der Waals surface area contributed by atoms with Crippen molar-refractivity contribution in [3.63, 3.8) is 0 Å². The summed E-state index contributed by atoms with van der Waals surface area (Å²) in [6.07, 6.45) is 2.70. The summed E-state index contributed by atoms with van der Waals surface area (Å²) in [4.78, 5) is 41.6. The monoisotopic (exact) mass is 367 g/mol. The Morgan fingerprint density at radius 2 is 1.89 bits per heavy atom. The molecule has 3 heterocycles. The summed E-state index contributed by atoms with van der Waals surface area (Å²) in [7, 11) is 0. The molecule has 2 amide bonds. The van der Waals surface area contributed by atoms with E-state index in [0.29, 0.717) is 43.6 Å². The molecule has 0 aliphatic carbocycles. The lowest BCUT2D eigenvalue weighted by molar-refractivity contribution is -0.142. The summed E-state index contributed by atoms with van der Waals surface area (Å²) < 4.78 is 5.36. The van der Waals surface area contributed by atoms with Gasteiger partial charge in [0.2, 0.25) is 0 Å². The van der Waals surface area contributed by atoms with E-state index in [0.717, 1.165) is 5.56 Å². The van der Waals surface area contributed by atoms with E-state index in [4.69, 9.17) is 4.74 Å². The highest BCUT2D eigenvalue weighted by atomic mass is 16.5. The smallest absolute Gasteiger partial charge is 0.339 e. The maximum absolute atomic E-state index is 12.8. The Hall–Kier alpha value is -3.09. The van der Waals surface area contributed by atoms with Crippen molar-refractivity contribution in [1.82, 2.24) is 15.2 Å². The lowest BCUT2D eigenvalue weighted by atomic mass is 9.97. The first-order chi connectivity index (χ1) is 13.1. The van der Waals surface area contributed by atoms with Gasteiger partial charge in [-0.1, -0.05) is 18.2 Å². The lowest BCUT2D eigenvalue weighted by Crippen LogP contribution is -2.51. The number of amides is 2. The molecule has 1 saturated heterocycles. The van der Waals surface area contributed by atoms with Crippen LogP contribution in [0.25, 0.3) is 0 Å². The molecule has 1 aromatic carbocycles. The summed E-state index contributed by atoms with van der Waals surface area (Å²) in [5.41, 5.74) is 1.91. The molecule has 0 unspecified atom stereocenters. The number of esters is 1. The molecule has 0 bridgehead atoms. The van der Waals surface area contributed by atoms with Crippen molar-refractivity contribution < 1.29 is 19.1 Å². The predicted molar refractivity (Wildman–Crippen MR) is 97.2 cm³/mol. The number of benzene rings is 1. The van der Waals surface area contributed by atoms with Crippen LogP contribution >= 0.6 is 0 Å². The molecule has 2 aliphatic rings. The highest BCUT2D eigenvalue weighted by molar-refractivity contribution is 5.96. The number of hydrogen-bond donors (Lipinski definition) is 2. The molecule has 7 nitrogen and oxygen atoms in total. The van der Waals surface area contributed by atoms with Gasteiger partial charge >= 0.3 is 5.97 Å². The fraction of sp³-hybridized carbons (Fsp3) is 0.350. The molecule has 27 heavy (non-hydrogen) atoms. The third-order valence-corrected chi connectivity index (χ3v) is 5.15. The van der Waals surface area contributed by atoms with Crippen molar-refractivity contribution in [1.29, 1.82) is 0 Å². The van der Waals surface area contributed by atoms with Crippen LogP contribution in [0.5, 0.6) is 0 Å². The number of hydrogen-bond acceptors (Lipinski definition) is 4. The van der Waals surface area contributed by atoms with Gasteiger partial charge in [-0.3, -0.25) is 9.59 Å². The number of H-pyrrole nitrogens is 1. The number of aromatic nitrogens is 1. The maximum atomic E-state index is 12.8. The minimum absolute atomic E-state index is 0.0273. The first-order valence-corrected chi connectivity index (χ1v) is 9.14. The molecule has 4 rings (SSSR count). The summed E-state index contributed by atoms with van der Waals surface area (Å²) in [6.45, 7) is 1.06. The second-order valence-corrected chi connectivity index (χ2v) is 6.91. The quantitative estimate of drug-likeness (QED) is 0.805. The largest absolute Gasteiger partial charge is 0.448 e. The molecule has 1 atom stereocenters. The zero-order valence-electron chi connectivity index (χ0n) is 14.8. The average molecular weight is 367 g/mol. The molecular formula is C20H21N3O4. The number of fused-ring (bicyclic) bond motifs is 1. The molecule has 0 spiro atoms. The number of ether oxygens (including phenoxy) is 1. The Bertz CT molecular complexity index is 854. The summed E-state index contributed by atoms with van der Waals surface area (Å²) in [5, 5.41) is 2.99. The number of aromatic amines is 1.